The number of esters is 1. The lowest BCUT2D eigenvalue weighted by Gasteiger charge is -2.28. The van der Waals surface area contributed by atoms with E-state index in [-0.39, 0.29) is 12.0 Å². The Hall–Kier alpha value is -2.95. The summed E-state index contributed by atoms with van der Waals surface area (Å²) in [5.41, 5.74) is 3.03. The largest absolute Gasteiger partial charge is 0.463 e. The van der Waals surface area contributed by atoms with Crippen LogP contribution in [0, 0.1) is 0 Å². The van der Waals surface area contributed by atoms with E-state index >= 15 is 0 Å². The molecule has 3 rings (SSSR count). The summed E-state index contributed by atoms with van der Waals surface area (Å²) in [5.74, 6) is 0.377. The predicted molar refractivity (Wildman–Crippen MR) is 92.4 cm³/mol. The summed E-state index contributed by atoms with van der Waals surface area (Å²) in [4.78, 5) is 21.2. The zero-order valence-corrected chi connectivity index (χ0v) is 13.7. The van der Waals surface area contributed by atoms with Gasteiger partial charge in [-0.15, -0.1) is 0 Å². The van der Waals surface area contributed by atoms with Gasteiger partial charge in [-0.1, -0.05) is 36.4 Å². The summed E-state index contributed by atoms with van der Waals surface area (Å²) in [6.45, 7) is 3.95. The summed E-state index contributed by atoms with van der Waals surface area (Å²) in [6.07, 6.45) is 3.46. The highest BCUT2D eigenvalue weighted by Crippen LogP contribution is 2.29. The minimum atomic E-state index is -0.354. The SMILES string of the molecule is CCOC(=O)C1=C(C)N=C(c2ccccc2)NC1c1cccnc1. The second-order valence-electron chi connectivity index (χ2n) is 5.41. The molecule has 5 nitrogen and oxygen atoms in total. The molecule has 0 radical (unpaired) electrons. The number of nitrogens with one attached hydrogen (secondary N) is 1. The van der Waals surface area contributed by atoms with Gasteiger partial charge in [-0.2, -0.15) is 0 Å². The predicted octanol–water partition coefficient (Wildman–Crippen LogP) is 3.01. The van der Waals surface area contributed by atoms with Crippen LogP contribution >= 0.6 is 0 Å². The van der Waals surface area contributed by atoms with Crippen molar-refractivity contribution in [2.24, 2.45) is 4.99 Å². The molecular weight excluding hydrogens is 302 g/mol. The molecule has 0 saturated carbocycles. The molecule has 0 aliphatic carbocycles. The standard InChI is InChI=1S/C19H19N3O2/c1-3-24-19(23)16-13(2)21-18(14-8-5-4-6-9-14)22-17(16)15-10-7-11-20-12-15/h4-12,17H,3H2,1-2H3,(H,21,22). The van der Waals surface area contributed by atoms with Crippen molar-refractivity contribution in [1.29, 1.82) is 0 Å². The van der Waals surface area contributed by atoms with Gasteiger partial charge in [0.2, 0.25) is 0 Å². The van der Waals surface area contributed by atoms with Gasteiger partial charge in [0.15, 0.2) is 0 Å². The lowest BCUT2D eigenvalue weighted by atomic mass is 9.96. The van der Waals surface area contributed by atoms with Gasteiger partial charge in [-0.3, -0.25) is 4.98 Å². The molecule has 24 heavy (non-hydrogen) atoms. The number of carbonyl (C=O) groups excluding carboxylic acids is 1. The van der Waals surface area contributed by atoms with Crippen LogP contribution in [-0.4, -0.2) is 23.4 Å². The maximum absolute atomic E-state index is 12.4. The minimum Gasteiger partial charge on any atom is -0.463 e. The maximum atomic E-state index is 12.4. The number of allylic oxidation sites excluding steroid dienone is 1. The molecular formula is C19H19N3O2. The van der Waals surface area contributed by atoms with Crippen LogP contribution in [0.2, 0.25) is 0 Å². The van der Waals surface area contributed by atoms with E-state index in [1.165, 1.54) is 0 Å². The molecule has 1 aliphatic heterocycles. The van der Waals surface area contributed by atoms with E-state index in [0.29, 0.717) is 17.9 Å². The van der Waals surface area contributed by atoms with E-state index in [1.807, 2.05) is 49.4 Å². The molecule has 2 heterocycles. The van der Waals surface area contributed by atoms with Crippen LogP contribution in [0.1, 0.15) is 31.0 Å². The second kappa shape index (κ2) is 7.08. The van der Waals surface area contributed by atoms with Crippen molar-refractivity contribution in [3.8, 4) is 0 Å². The van der Waals surface area contributed by atoms with Gasteiger partial charge >= 0.3 is 5.97 Å². The van der Waals surface area contributed by atoms with Crippen molar-refractivity contribution in [3.05, 3.63) is 77.3 Å². The lowest BCUT2D eigenvalue weighted by Crippen LogP contribution is -2.36. The number of pyridine rings is 1. The van der Waals surface area contributed by atoms with Crippen molar-refractivity contribution in [1.82, 2.24) is 10.3 Å². The Morgan fingerprint density at radius 3 is 2.67 bits per heavy atom. The van der Waals surface area contributed by atoms with Crippen LogP contribution in [0.5, 0.6) is 0 Å². The molecule has 1 unspecified atom stereocenters. The molecule has 0 saturated heterocycles. The first kappa shape index (κ1) is 15.9. The van der Waals surface area contributed by atoms with Crippen molar-refractivity contribution in [2.45, 2.75) is 19.9 Å². The van der Waals surface area contributed by atoms with E-state index in [1.54, 1.807) is 19.3 Å². The van der Waals surface area contributed by atoms with Crippen molar-refractivity contribution < 1.29 is 9.53 Å². The molecule has 1 atom stereocenters. The van der Waals surface area contributed by atoms with Crippen molar-refractivity contribution in [2.75, 3.05) is 6.61 Å². The Morgan fingerprint density at radius 2 is 2.00 bits per heavy atom. The number of ether oxygens (including phenoxy) is 1. The van der Waals surface area contributed by atoms with Gasteiger partial charge < -0.3 is 10.1 Å². The van der Waals surface area contributed by atoms with E-state index in [2.05, 4.69) is 15.3 Å². The normalized spacial score (nSPS) is 17.1. The lowest BCUT2D eigenvalue weighted by molar-refractivity contribution is -0.139. The van der Waals surface area contributed by atoms with Crippen LogP contribution in [0.15, 0.2) is 71.1 Å². The maximum Gasteiger partial charge on any atom is 0.338 e. The van der Waals surface area contributed by atoms with Gasteiger partial charge in [0.1, 0.15) is 5.84 Å². The van der Waals surface area contributed by atoms with E-state index in [4.69, 9.17) is 4.74 Å². The van der Waals surface area contributed by atoms with Gasteiger partial charge in [0, 0.05) is 18.0 Å². The molecule has 0 amide bonds. The summed E-state index contributed by atoms with van der Waals surface area (Å²) < 4.78 is 5.22. The third-order valence-electron chi connectivity index (χ3n) is 3.80. The molecule has 0 bridgehead atoms. The number of benzene rings is 1. The first-order chi connectivity index (χ1) is 11.7. The van der Waals surface area contributed by atoms with Crippen molar-refractivity contribution >= 4 is 11.8 Å². The monoisotopic (exact) mass is 321 g/mol. The van der Waals surface area contributed by atoms with Crippen LogP contribution in [-0.2, 0) is 9.53 Å². The van der Waals surface area contributed by atoms with E-state index in [9.17, 15) is 4.79 Å². The number of aliphatic imine (C=N–C) groups is 1. The first-order valence-corrected chi connectivity index (χ1v) is 7.89. The number of nitrogens with zero attached hydrogens (tertiary/aromatic N) is 2. The Kier molecular flexibility index (Phi) is 4.70. The molecule has 0 spiro atoms. The minimum absolute atomic E-state index is 0.324. The highest BCUT2D eigenvalue weighted by atomic mass is 16.5. The Bertz CT molecular complexity index is 783. The fraction of sp³-hybridized carbons (Fsp3) is 0.211. The Morgan fingerprint density at radius 1 is 1.21 bits per heavy atom. The van der Waals surface area contributed by atoms with Gasteiger partial charge in [0.25, 0.3) is 0 Å². The average Bonchev–Trinajstić information content (AvgIpc) is 2.62. The quantitative estimate of drug-likeness (QED) is 0.879. The topological polar surface area (TPSA) is 63.6 Å². The highest BCUT2D eigenvalue weighted by Gasteiger charge is 2.31. The number of carbonyl (C=O) groups is 1. The van der Waals surface area contributed by atoms with E-state index in [0.717, 1.165) is 17.0 Å². The number of rotatable bonds is 4. The van der Waals surface area contributed by atoms with Gasteiger partial charge in [0.05, 0.1) is 23.9 Å². The number of amidine groups is 1. The van der Waals surface area contributed by atoms with Crippen LogP contribution in [0.25, 0.3) is 0 Å². The summed E-state index contributed by atoms with van der Waals surface area (Å²) in [5, 5.41) is 3.36. The zero-order valence-electron chi connectivity index (χ0n) is 13.7. The zero-order chi connectivity index (χ0) is 16.9. The fourth-order valence-corrected chi connectivity index (χ4v) is 2.69. The molecule has 122 valence electrons. The molecule has 1 aromatic heterocycles. The first-order valence-electron chi connectivity index (χ1n) is 7.89. The van der Waals surface area contributed by atoms with Gasteiger partial charge in [-0.25, -0.2) is 9.79 Å². The Balaban J connectivity index is 2.06. The van der Waals surface area contributed by atoms with E-state index < -0.39 is 0 Å². The number of hydrogen-bond donors (Lipinski definition) is 1. The second-order valence-corrected chi connectivity index (χ2v) is 5.41. The Labute approximate surface area is 141 Å². The third kappa shape index (κ3) is 3.20. The molecule has 0 fully saturated rings. The van der Waals surface area contributed by atoms with Crippen LogP contribution in [0.3, 0.4) is 0 Å². The summed E-state index contributed by atoms with van der Waals surface area (Å²) in [6, 6.07) is 13.3. The molecule has 1 aliphatic rings. The number of hydrogen-bond acceptors (Lipinski definition) is 5. The van der Waals surface area contributed by atoms with Crippen LogP contribution < -0.4 is 5.32 Å². The molecule has 2 aromatic rings. The van der Waals surface area contributed by atoms with Crippen molar-refractivity contribution in [3.63, 3.8) is 0 Å². The smallest absolute Gasteiger partial charge is 0.338 e. The molecule has 1 N–H and O–H groups in total. The fourth-order valence-electron chi connectivity index (χ4n) is 2.69. The summed E-state index contributed by atoms with van der Waals surface area (Å²) in [7, 11) is 0. The molecule has 5 heteroatoms. The molecule has 1 aromatic carbocycles. The number of aromatic nitrogens is 1. The highest BCUT2D eigenvalue weighted by molar-refractivity contribution is 6.03. The third-order valence-corrected chi connectivity index (χ3v) is 3.80. The average molecular weight is 321 g/mol. The van der Waals surface area contributed by atoms with Crippen LogP contribution in [0.4, 0.5) is 0 Å². The summed E-state index contributed by atoms with van der Waals surface area (Å²) >= 11 is 0. The van der Waals surface area contributed by atoms with Gasteiger partial charge in [-0.05, 0) is 25.5 Å².